The van der Waals surface area contributed by atoms with E-state index in [2.05, 4.69) is 71.1 Å². The van der Waals surface area contributed by atoms with Crippen LogP contribution in [0, 0.1) is 0 Å². The van der Waals surface area contributed by atoms with Gasteiger partial charge in [0.2, 0.25) is 0 Å². The van der Waals surface area contributed by atoms with Gasteiger partial charge in [0, 0.05) is 13.1 Å². The van der Waals surface area contributed by atoms with Gasteiger partial charge in [0.15, 0.2) is 0 Å². The lowest BCUT2D eigenvalue weighted by Gasteiger charge is -2.32. The zero-order chi connectivity index (χ0) is 13.6. The largest absolute Gasteiger partial charge is 0.244 e. The van der Waals surface area contributed by atoms with Crippen molar-refractivity contribution >= 4 is 0 Å². The van der Waals surface area contributed by atoms with Crippen LogP contribution in [-0.4, -0.2) is 18.1 Å². The fraction of sp³-hybridized carbons (Fsp3) is 0.333. The molecule has 1 aliphatic heterocycles. The quantitative estimate of drug-likeness (QED) is 0.906. The molecule has 1 N–H and O–H groups in total. The Morgan fingerprint density at radius 2 is 1.20 bits per heavy atom. The number of hydrogen-bond acceptors (Lipinski definition) is 2. The van der Waals surface area contributed by atoms with E-state index in [1.54, 1.807) is 0 Å². The smallest absolute Gasteiger partial charge is 0.0714 e. The molecule has 0 saturated carbocycles. The van der Waals surface area contributed by atoms with E-state index >= 15 is 0 Å². The van der Waals surface area contributed by atoms with Crippen LogP contribution in [-0.2, 0) is 0 Å². The van der Waals surface area contributed by atoms with E-state index in [1.165, 1.54) is 30.4 Å². The van der Waals surface area contributed by atoms with Gasteiger partial charge in [-0.3, -0.25) is 0 Å². The number of rotatable bonds is 4. The number of nitrogens with one attached hydrogen (secondary N) is 1. The van der Waals surface area contributed by atoms with Crippen LogP contribution in [0.2, 0.25) is 0 Å². The maximum absolute atomic E-state index is 3.72. The molecule has 1 saturated heterocycles. The van der Waals surface area contributed by atoms with Gasteiger partial charge < -0.3 is 0 Å². The second-order valence-corrected chi connectivity index (χ2v) is 5.43. The number of nitrogens with zero attached hydrogens (tertiary/aromatic N) is 1. The van der Waals surface area contributed by atoms with Crippen molar-refractivity contribution in [1.29, 1.82) is 0 Å². The normalized spacial score (nSPS) is 16.4. The van der Waals surface area contributed by atoms with Crippen molar-refractivity contribution in [1.82, 2.24) is 10.4 Å². The first-order valence-electron chi connectivity index (χ1n) is 7.54. The van der Waals surface area contributed by atoms with Crippen LogP contribution in [0.4, 0.5) is 0 Å². The van der Waals surface area contributed by atoms with Gasteiger partial charge in [-0.1, -0.05) is 67.1 Å². The summed E-state index contributed by atoms with van der Waals surface area (Å²) in [6.45, 7) is 2.30. The Hall–Kier alpha value is -1.64. The first kappa shape index (κ1) is 13.3. The van der Waals surface area contributed by atoms with Gasteiger partial charge in [-0.05, 0) is 24.0 Å². The number of hydrogen-bond donors (Lipinski definition) is 1. The molecule has 0 atom stereocenters. The summed E-state index contributed by atoms with van der Waals surface area (Å²) in [6.07, 6.45) is 3.95. The third-order valence-electron chi connectivity index (χ3n) is 3.93. The number of hydrazine groups is 1. The molecule has 0 bridgehead atoms. The van der Waals surface area contributed by atoms with Gasteiger partial charge >= 0.3 is 0 Å². The molecule has 3 rings (SSSR count). The lowest BCUT2D eigenvalue weighted by molar-refractivity contribution is 0.138. The fourth-order valence-electron chi connectivity index (χ4n) is 2.84. The van der Waals surface area contributed by atoms with Crippen LogP contribution in [0.15, 0.2) is 60.7 Å². The third-order valence-corrected chi connectivity index (χ3v) is 3.93. The van der Waals surface area contributed by atoms with Crippen molar-refractivity contribution in [2.45, 2.75) is 25.3 Å². The highest BCUT2D eigenvalue weighted by atomic mass is 15.5. The Bertz CT molecular complexity index is 464. The van der Waals surface area contributed by atoms with Crippen molar-refractivity contribution in [2.24, 2.45) is 0 Å². The summed E-state index contributed by atoms with van der Waals surface area (Å²) < 4.78 is 0. The molecule has 1 fully saturated rings. The molecule has 2 nitrogen and oxygen atoms in total. The summed E-state index contributed by atoms with van der Waals surface area (Å²) in [5, 5.41) is 2.38. The standard InChI is InChI=1S/C18H22N2/c1-4-10-16(11-5-1)18(17-12-6-2-7-13-17)19-20-14-8-3-9-15-20/h1-2,4-7,10-13,18-19H,3,8-9,14-15H2. The zero-order valence-corrected chi connectivity index (χ0v) is 11.8. The molecule has 0 spiro atoms. The second-order valence-electron chi connectivity index (χ2n) is 5.43. The zero-order valence-electron chi connectivity index (χ0n) is 11.8. The highest BCUT2D eigenvalue weighted by molar-refractivity contribution is 5.31. The van der Waals surface area contributed by atoms with Gasteiger partial charge in [-0.15, -0.1) is 0 Å². The van der Waals surface area contributed by atoms with Crippen LogP contribution in [0.5, 0.6) is 0 Å². The van der Waals surface area contributed by atoms with Gasteiger partial charge in [0.25, 0.3) is 0 Å². The maximum atomic E-state index is 3.72. The third kappa shape index (κ3) is 3.27. The molecule has 0 aromatic heterocycles. The van der Waals surface area contributed by atoms with E-state index in [9.17, 15) is 0 Å². The highest BCUT2D eigenvalue weighted by Gasteiger charge is 2.18. The molecule has 1 heterocycles. The van der Waals surface area contributed by atoms with E-state index in [0.29, 0.717) is 0 Å². The molecule has 0 unspecified atom stereocenters. The van der Waals surface area contributed by atoms with Crippen LogP contribution in [0.1, 0.15) is 36.4 Å². The fourth-order valence-corrected chi connectivity index (χ4v) is 2.84. The molecule has 2 aromatic rings. The number of benzene rings is 2. The van der Waals surface area contributed by atoms with Crippen molar-refractivity contribution in [3.63, 3.8) is 0 Å². The molecule has 1 aliphatic rings. The first-order chi connectivity index (χ1) is 9.93. The average molecular weight is 266 g/mol. The van der Waals surface area contributed by atoms with Crippen molar-refractivity contribution in [3.05, 3.63) is 71.8 Å². The van der Waals surface area contributed by atoms with Crippen molar-refractivity contribution in [2.75, 3.05) is 13.1 Å². The minimum Gasteiger partial charge on any atom is -0.244 e. The predicted molar refractivity (Wildman–Crippen MR) is 83.3 cm³/mol. The van der Waals surface area contributed by atoms with E-state index in [-0.39, 0.29) is 6.04 Å². The Morgan fingerprint density at radius 1 is 0.700 bits per heavy atom. The Labute approximate surface area is 121 Å². The molecule has 0 amide bonds. The summed E-state index contributed by atoms with van der Waals surface area (Å²) in [7, 11) is 0. The van der Waals surface area contributed by atoms with E-state index < -0.39 is 0 Å². The van der Waals surface area contributed by atoms with Gasteiger partial charge in [0.1, 0.15) is 0 Å². The molecule has 2 heteroatoms. The van der Waals surface area contributed by atoms with E-state index in [4.69, 9.17) is 0 Å². The van der Waals surface area contributed by atoms with Crippen molar-refractivity contribution in [3.8, 4) is 0 Å². The predicted octanol–water partition coefficient (Wildman–Crippen LogP) is 3.77. The molecule has 20 heavy (non-hydrogen) atoms. The lowest BCUT2D eigenvalue weighted by Crippen LogP contribution is -2.43. The molecule has 2 aromatic carbocycles. The first-order valence-corrected chi connectivity index (χ1v) is 7.54. The van der Waals surface area contributed by atoms with E-state index in [1.807, 2.05) is 0 Å². The van der Waals surface area contributed by atoms with Crippen LogP contribution >= 0.6 is 0 Å². The molecule has 104 valence electrons. The van der Waals surface area contributed by atoms with Crippen LogP contribution in [0.3, 0.4) is 0 Å². The van der Waals surface area contributed by atoms with Crippen molar-refractivity contribution < 1.29 is 0 Å². The van der Waals surface area contributed by atoms with Gasteiger partial charge in [-0.2, -0.15) is 0 Å². The number of piperidine rings is 1. The molecule has 0 aliphatic carbocycles. The average Bonchev–Trinajstić information content (AvgIpc) is 2.55. The minimum absolute atomic E-state index is 0.246. The summed E-state index contributed by atoms with van der Waals surface area (Å²) in [4.78, 5) is 0. The molecular weight excluding hydrogens is 244 g/mol. The molecule has 0 radical (unpaired) electrons. The topological polar surface area (TPSA) is 15.3 Å². The summed E-state index contributed by atoms with van der Waals surface area (Å²) in [5.41, 5.74) is 6.37. The lowest BCUT2D eigenvalue weighted by atomic mass is 9.99. The van der Waals surface area contributed by atoms with Gasteiger partial charge in [-0.25, -0.2) is 10.4 Å². The second kappa shape index (κ2) is 6.69. The summed E-state index contributed by atoms with van der Waals surface area (Å²) >= 11 is 0. The minimum atomic E-state index is 0.246. The Morgan fingerprint density at radius 3 is 1.70 bits per heavy atom. The SMILES string of the molecule is c1ccc(C(NN2CCCCC2)c2ccccc2)cc1. The summed E-state index contributed by atoms with van der Waals surface area (Å²) in [6, 6.07) is 21.7. The van der Waals surface area contributed by atoms with Gasteiger partial charge in [0.05, 0.1) is 6.04 Å². The van der Waals surface area contributed by atoms with Crippen LogP contribution in [0.25, 0.3) is 0 Å². The molecular formula is C18H22N2. The van der Waals surface area contributed by atoms with Crippen LogP contribution < -0.4 is 5.43 Å². The maximum Gasteiger partial charge on any atom is 0.0714 e. The summed E-state index contributed by atoms with van der Waals surface area (Å²) in [5.74, 6) is 0. The Balaban J connectivity index is 1.83. The monoisotopic (exact) mass is 266 g/mol. The highest BCUT2D eigenvalue weighted by Crippen LogP contribution is 2.23. The Kier molecular flexibility index (Phi) is 4.46. The van der Waals surface area contributed by atoms with E-state index in [0.717, 1.165) is 13.1 Å².